The fourth-order valence-corrected chi connectivity index (χ4v) is 9.72. The molecule has 10 aromatic carbocycles. The second-order valence-corrected chi connectivity index (χ2v) is 16.0. The van der Waals surface area contributed by atoms with Gasteiger partial charge < -0.3 is 9.13 Å². The average molecular weight is 790 g/mol. The van der Waals surface area contributed by atoms with Gasteiger partial charge in [0.1, 0.15) is 0 Å². The van der Waals surface area contributed by atoms with Gasteiger partial charge in [-0.3, -0.25) is 0 Å². The van der Waals surface area contributed by atoms with Crippen molar-refractivity contribution in [2.75, 3.05) is 0 Å². The molecule has 5 heteroatoms. The van der Waals surface area contributed by atoms with Crippen molar-refractivity contribution in [3.63, 3.8) is 0 Å². The maximum atomic E-state index is 5.53. The number of hydrogen-bond acceptors (Lipinski definition) is 3. The molecule has 0 bridgehead atoms. The van der Waals surface area contributed by atoms with Gasteiger partial charge in [-0.1, -0.05) is 164 Å². The van der Waals surface area contributed by atoms with Gasteiger partial charge in [-0.2, -0.15) is 0 Å². The first-order valence-electron chi connectivity index (χ1n) is 21.0. The van der Waals surface area contributed by atoms with Crippen LogP contribution < -0.4 is 0 Å². The summed E-state index contributed by atoms with van der Waals surface area (Å²) in [5.41, 5.74) is 9.41. The van der Waals surface area contributed by atoms with Gasteiger partial charge in [0.15, 0.2) is 17.5 Å². The molecule has 13 rings (SSSR count). The van der Waals surface area contributed by atoms with Crippen LogP contribution in [-0.4, -0.2) is 24.1 Å². The summed E-state index contributed by atoms with van der Waals surface area (Å²) in [5, 5.41) is 11.6. The monoisotopic (exact) mass is 789 g/mol. The minimum atomic E-state index is 0.608. The average Bonchev–Trinajstić information content (AvgIpc) is 3.84. The molecule has 0 saturated heterocycles. The lowest BCUT2D eigenvalue weighted by atomic mass is 10.0. The Morgan fingerprint density at radius 3 is 1.63 bits per heavy atom. The highest BCUT2D eigenvalue weighted by molar-refractivity contribution is 6.15. The molecule has 3 heterocycles. The van der Waals surface area contributed by atoms with Crippen LogP contribution in [0.15, 0.2) is 212 Å². The molecular formula is C57H35N5. The quantitative estimate of drug-likeness (QED) is 0.174. The number of benzene rings is 10. The molecule has 0 atom stereocenters. The molecule has 0 spiro atoms. The van der Waals surface area contributed by atoms with Gasteiger partial charge >= 0.3 is 0 Å². The zero-order valence-corrected chi connectivity index (χ0v) is 33.4. The standard InChI is InChI=1S/C57H35N5/c1-2-20-41(21-3-1)61-49-27-12-10-24-44(49)46-31-29-40(35-52(46)61)55-58-56(47-26-14-19-36-15-6-8-22-42(36)47)60-57(59-55)54-43-23-9-7-16-37(43)30-32-51(54)62-50-28-13-11-25-45(50)48-33-38-17-4-5-18-39(38)34-53(48)62/h1-35H. The Labute approximate surface area is 356 Å². The van der Waals surface area contributed by atoms with E-state index in [1.54, 1.807) is 0 Å². The van der Waals surface area contributed by atoms with Crippen LogP contribution in [-0.2, 0) is 0 Å². The van der Waals surface area contributed by atoms with Gasteiger partial charge in [-0.05, 0) is 80.8 Å². The second-order valence-electron chi connectivity index (χ2n) is 16.0. The van der Waals surface area contributed by atoms with Crippen LogP contribution >= 0.6 is 0 Å². The SMILES string of the molecule is c1ccc(-n2c3ccccc3c3ccc(-c4nc(-c5cccc6ccccc56)nc(-c5c(-n6c7ccccc7c7cc8ccccc8cc76)ccc6ccccc56)n4)cc32)cc1. The summed E-state index contributed by atoms with van der Waals surface area (Å²) in [4.78, 5) is 16.4. The molecule has 13 aromatic rings. The maximum Gasteiger partial charge on any atom is 0.166 e. The van der Waals surface area contributed by atoms with E-state index in [4.69, 9.17) is 15.0 Å². The fourth-order valence-electron chi connectivity index (χ4n) is 9.72. The molecule has 288 valence electrons. The molecule has 0 aliphatic heterocycles. The molecule has 0 fully saturated rings. The zero-order valence-electron chi connectivity index (χ0n) is 33.4. The molecule has 62 heavy (non-hydrogen) atoms. The third-order valence-electron chi connectivity index (χ3n) is 12.5. The van der Waals surface area contributed by atoms with Crippen LogP contribution in [0, 0.1) is 0 Å². The zero-order chi connectivity index (χ0) is 40.7. The summed E-state index contributed by atoms with van der Waals surface area (Å²) in [7, 11) is 0. The summed E-state index contributed by atoms with van der Waals surface area (Å²) < 4.78 is 4.75. The summed E-state index contributed by atoms with van der Waals surface area (Å²) in [5.74, 6) is 1.84. The molecule has 0 saturated carbocycles. The smallest absolute Gasteiger partial charge is 0.166 e. The lowest BCUT2D eigenvalue weighted by molar-refractivity contribution is 1.07. The van der Waals surface area contributed by atoms with Crippen LogP contribution in [0.2, 0.25) is 0 Å². The molecule has 0 radical (unpaired) electrons. The topological polar surface area (TPSA) is 48.5 Å². The van der Waals surface area contributed by atoms with Crippen molar-refractivity contribution in [3.05, 3.63) is 212 Å². The highest BCUT2D eigenvalue weighted by atomic mass is 15.1. The second kappa shape index (κ2) is 13.6. The first-order chi connectivity index (χ1) is 30.7. The van der Waals surface area contributed by atoms with Crippen LogP contribution in [0.25, 0.3) is 121 Å². The highest BCUT2D eigenvalue weighted by Gasteiger charge is 2.23. The van der Waals surface area contributed by atoms with Gasteiger partial charge in [0.05, 0.1) is 33.3 Å². The minimum absolute atomic E-state index is 0.608. The Balaban J connectivity index is 1.14. The van der Waals surface area contributed by atoms with E-state index < -0.39 is 0 Å². The molecule has 0 aliphatic carbocycles. The number of hydrogen-bond donors (Lipinski definition) is 0. The van der Waals surface area contributed by atoms with Crippen molar-refractivity contribution in [2.45, 2.75) is 0 Å². The highest BCUT2D eigenvalue weighted by Crippen LogP contribution is 2.42. The van der Waals surface area contributed by atoms with Gasteiger partial charge in [-0.25, -0.2) is 15.0 Å². The van der Waals surface area contributed by atoms with Crippen molar-refractivity contribution in [1.29, 1.82) is 0 Å². The predicted octanol–water partition coefficient (Wildman–Crippen LogP) is 14.5. The van der Waals surface area contributed by atoms with Gasteiger partial charge in [0, 0.05) is 38.4 Å². The fraction of sp³-hybridized carbons (Fsp3) is 0. The van der Waals surface area contributed by atoms with Crippen LogP contribution in [0.1, 0.15) is 0 Å². The Morgan fingerprint density at radius 2 is 0.839 bits per heavy atom. The van der Waals surface area contributed by atoms with Crippen LogP contribution in [0.3, 0.4) is 0 Å². The summed E-state index contributed by atoms with van der Waals surface area (Å²) in [6.07, 6.45) is 0. The molecule has 0 aliphatic rings. The molecule has 0 unspecified atom stereocenters. The van der Waals surface area contributed by atoms with Gasteiger partial charge in [0.25, 0.3) is 0 Å². The van der Waals surface area contributed by atoms with Crippen LogP contribution in [0.4, 0.5) is 0 Å². The Hall–Kier alpha value is -8.41. The third kappa shape index (κ3) is 5.25. The lowest BCUT2D eigenvalue weighted by Crippen LogP contribution is -2.04. The Bertz CT molecular complexity index is 3930. The normalized spacial score (nSPS) is 11.9. The largest absolute Gasteiger partial charge is 0.309 e. The molecular weight excluding hydrogens is 755 g/mol. The molecule has 0 amide bonds. The molecule has 5 nitrogen and oxygen atoms in total. The number of para-hydroxylation sites is 3. The molecule has 0 N–H and O–H groups in total. The van der Waals surface area contributed by atoms with Crippen molar-refractivity contribution < 1.29 is 0 Å². The predicted molar refractivity (Wildman–Crippen MR) is 257 cm³/mol. The van der Waals surface area contributed by atoms with E-state index in [9.17, 15) is 0 Å². The van der Waals surface area contributed by atoms with E-state index in [1.807, 2.05) is 0 Å². The van der Waals surface area contributed by atoms with E-state index in [1.165, 1.54) is 32.3 Å². The van der Waals surface area contributed by atoms with Crippen molar-refractivity contribution >= 4 is 75.9 Å². The van der Waals surface area contributed by atoms with Gasteiger partial charge in [0.2, 0.25) is 0 Å². The van der Waals surface area contributed by atoms with Crippen molar-refractivity contribution in [2.24, 2.45) is 0 Å². The van der Waals surface area contributed by atoms with E-state index in [0.29, 0.717) is 17.5 Å². The third-order valence-corrected chi connectivity index (χ3v) is 12.5. The summed E-state index contributed by atoms with van der Waals surface area (Å²) in [6.45, 7) is 0. The summed E-state index contributed by atoms with van der Waals surface area (Å²) in [6, 6.07) is 75.7. The minimum Gasteiger partial charge on any atom is -0.309 e. The first-order valence-corrected chi connectivity index (χ1v) is 21.0. The number of aromatic nitrogens is 5. The van der Waals surface area contributed by atoms with E-state index in [-0.39, 0.29) is 0 Å². The Morgan fingerprint density at radius 1 is 0.290 bits per heavy atom. The Kier molecular flexibility index (Phi) is 7.54. The lowest BCUT2D eigenvalue weighted by Gasteiger charge is -2.17. The van der Waals surface area contributed by atoms with Crippen molar-refractivity contribution in [3.8, 4) is 45.5 Å². The maximum absolute atomic E-state index is 5.53. The van der Waals surface area contributed by atoms with Gasteiger partial charge in [-0.15, -0.1) is 0 Å². The van der Waals surface area contributed by atoms with E-state index in [2.05, 4.69) is 221 Å². The number of nitrogens with zero attached hydrogens (tertiary/aromatic N) is 5. The van der Waals surface area contributed by atoms with E-state index in [0.717, 1.165) is 71.7 Å². The number of rotatable bonds is 5. The van der Waals surface area contributed by atoms with Crippen molar-refractivity contribution in [1.82, 2.24) is 24.1 Å². The van der Waals surface area contributed by atoms with E-state index >= 15 is 0 Å². The number of fused-ring (bicyclic) bond motifs is 9. The van der Waals surface area contributed by atoms with Crippen LogP contribution in [0.5, 0.6) is 0 Å². The molecule has 3 aromatic heterocycles. The summed E-state index contributed by atoms with van der Waals surface area (Å²) >= 11 is 0. The first kappa shape index (κ1) is 34.5.